The molecule has 2 N–H and O–H groups in total. The van der Waals surface area contributed by atoms with Gasteiger partial charge in [-0.1, -0.05) is 0 Å². The van der Waals surface area contributed by atoms with Crippen molar-refractivity contribution in [3.63, 3.8) is 0 Å². The summed E-state index contributed by atoms with van der Waals surface area (Å²) in [6.45, 7) is 0.311. The largest absolute Gasteiger partial charge is 0.401 e. The molecule has 0 aromatic heterocycles. The predicted octanol–water partition coefficient (Wildman–Crippen LogP) is 1.79. The average molecular weight is 229 g/mol. The van der Waals surface area contributed by atoms with Gasteiger partial charge in [0.15, 0.2) is 0 Å². The second-order valence-corrected chi connectivity index (χ2v) is 4.47. The number of hydrogen-bond acceptors (Lipinski definition) is 3. The minimum atomic E-state index is -4.20. The standard InChI is InChI=1S/C8H14F3NOS/c9-8(10,11)7(4-12)14-5-6-2-1-3-13-6/h6-7H,1-5,12H2. The van der Waals surface area contributed by atoms with Gasteiger partial charge in [0.2, 0.25) is 0 Å². The molecule has 2 atom stereocenters. The monoisotopic (exact) mass is 229 g/mol. The maximum atomic E-state index is 12.3. The van der Waals surface area contributed by atoms with Crippen LogP contribution in [0, 0.1) is 0 Å². The van der Waals surface area contributed by atoms with Crippen molar-refractivity contribution >= 4 is 11.8 Å². The maximum absolute atomic E-state index is 12.3. The summed E-state index contributed by atoms with van der Waals surface area (Å²) in [6, 6.07) is 0. The van der Waals surface area contributed by atoms with E-state index in [1.807, 2.05) is 0 Å². The van der Waals surface area contributed by atoms with Gasteiger partial charge in [0, 0.05) is 18.9 Å². The van der Waals surface area contributed by atoms with Crippen LogP contribution in [0.5, 0.6) is 0 Å². The van der Waals surface area contributed by atoms with Crippen LogP contribution in [0.2, 0.25) is 0 Å². The summed E-state index contributed by atoms with van der Waals surface area (Å²) >= 11 is 0.851. The van der Waals surface area contributed by atoms with E-state index in [1.54, 1.807) is 0 Å². The Morgan fingerprint density at radius 3 is 2.64 bits per heavy atom. The Balaban J connectivity index is 2.26. The normalized spacial score (nSPS) is 25.3. The molecule has 0 aromatic carbocycles. The number of nitrogens with two attached hydrogens (primary N) is 1. The molecule has 0 amide bonds. The highest BCUT2D eigenvalue weighted by Crippen LogP contribution is 2.31. The van der Waals surface area contributed by atoms with Crippen molar-refractivity contribution in [3.8, 4) is 0 Å². The van der Waals surface area contributed by atoms with Gasteiger partial charge in [-0.2, -0.15) is 13.2 Å². The number of halogens is 3. The Labute approximate surface area is 85.4 Å². The highest BCUT2D eigenvalue weighted by molar-refractivity contribution is 8.00. The fourth-order valence-corrected chi connectivity index (χ4v) is 2.33. The Bertz CT molecular complexity index is 170. The van der Waals surface area contributed by atoms with E-state index in [0.717, 1.165) is 24.6 Å². The summed E-state index contributed by atoms with van der Waals surface area (Å²) in [5.41, 5.74) is 5.06. The molecule has 84 valence electrons. The van der Waals surface area contributed by atoms with E-state index >= 15 is 0 Å². The van der Waals surface area contributed by atoms with Crippen molar-refractivity contribution in [1.82, 2.24) is 0 Å². The van der Waals surface area contributed by atoms with Crippen LogP contribution >= 0.6 is 11.8 Å². The van der Waals surface area contributed by atoms with E-state index in [1.165, 1.54) is 0 Å². The quantitative estimate of drug-likeness (QED) is 0.798. The molecule has 0 bridgehead atoms. The summed E-state index contributed by atoms with van der Waals surface area (Å²) < 4.78 is 42.0. The molecule has 2 nitrogen and oxygen atoms in total. The molecule has 1 aliphatic heterocycles. The molecule has 0 spiro atoms. The van der Waals surface area contributed by atoms with Gasteiger partial charge in [0.1, 0.15) is 5.25 Å². The summed E-state index contributed by atoms with van der Waals surface area (Å²) in [4.78, 5) is 0. The molecule has 1 fully saturated rings. The van der Waals surface area contributed by atoms with E-state index in [9.17, 15) is 13.2 Å². The van der Waals surface area contributed by atoms with Gasteiger partial charge in [0.25, 0.3) is 0 Å². The number of rotatable bonds is 4. The molecule has 0 aliphatic carbocycles. The fourth-order valence-electron chi connectivity index (χ4n) is 1.30. The molecule has 0 aromatic rings. The molecule has 1 aliphatic rings. The van der Waals surface area contributed by atoms with E-state index in [4.69, 9.17) is 10.5 Å². The van der Waals surface area contributed by atoms with Gasteiger partial charge in [-0.25, -0.2) is 0 Å². The zero-order chi connectivity index (χ0) is 10.6. The summed E-state index contributed by atoms with van der Waals surface area (Å²) in [7, 11) is 0. The van der Waals surface area contributed by atoms with E-state index in [-0.39, 0.29) is 12.6 Å². The summed E-state index contributed by atoms with van der Waals surface area (Å²) in [6.07, 6.45) is -2.40. The molecule has 14 heavy (non-hydrogen) atoms. The van der Waals surface area contributed by atoms with Gasteiger partial charge >= 0.3 is 6.18 Å². The fraction of sp³-hybridized carbons (Fsp3) is 1.00. The van der Waals surface area contributed by atoms with Crippen LogP contribution in [0.3, 0.4) is 0 Å². The Kier molecular flexibility index (Phi) is 4.53. The first-order valence-electron chi connectivity index (χ1n) is 4.54. The first-order valence-corrected chi connectivity index (χ1v) is 5.59. The Morgan fingerprint density at radius 2 is 2.21 bits per heavy atom. The zero-order valence-corrected chi connectivity index (χ0v) is 8.53. The van der Waals surface area contributed by atoms with Gasteiger partial charge in [0.05, 0.1) is 6.10 Å². The van der Waals surface area contributed by atoms with Crippen molar-refractivity contribution in [2.75, 3.05) is 18.9 Å². The predicted molar refractivity (Wildman–Crippen MR) is 50.3 cm³/mol. The molecule has 0 radical (unpaired) electrons. The van der Waals surface area contributed by atoms with Crippen LogP contribution in [-0.2, 0) is 4.74 Å². The smallest absolute Gasteiger partial charge is 0.377 e. The van der Waals surface area contributed by atoms with Gasteiger partial charge < -0.3 is 10.5 Å². The molecular weight excluding hydrogens is 215 g/mol. The van der Waals surface area contributed by atoms with Crippen molar-refractivity contribution < 1.29 is 17.9 Å². The maximum Gasteiger partial charge on any atom is 0.401 e. The first-order chi connectivity index (χ1) is 6.54. The van der Waals surface area contributed by atoms with Crippen LogP contribution in [0.25, 0.3) is 0 Å². The molecule has 6 heteroatoms. The average Bonchev–Trinajstić information content (AvgIpc) is 2.55. The Hall–Kier alpha value is 0.0600. The second-order valence-electron chi connectivity index (χ2n) is 3.23. The van der Waals surface area contributed by atoms with Gasteiger partial charge in [-0.15, -0.1) is 11.8 Å². The molecule has 1 rings (SSSR count). The minimum Gasteiger partial charge on any atom is -0.377 e. The third-order valence-corrected chi connectivity index (χ3v) is 3.51. The van der Waals surface area contributed by atoms with E-state index < -0.39 is 11.4 Å². The minimum absolute atomic E-state index is 0.0172. The topological polar surface area (TPSA) is 35.2 Å². The second kappa shape index (κ2) is 5.23. The Morgan fingerprint density at radius 1 is 1.50 bits per heavy atom. The molecule has 1 heterocycles. The third kappa shape index (κ3) is 3.67. The summed E-state index contributed by atoms with van der Waals surface area (Å²) in [5.74, 6) is 0.390. The van der Waals surface area contributed by atoms with Crippen LogP contribution in [-0.4, -0.2) is 36.4 Å². The van der Waals surface area contributed by atoms with Crippen molar-refractivity contribution in [2.24, 2.45) is 5.73 Å². The lowest BCUT2D eigenvalue weighted by atomic mass is 10.3. The lowest BCUT2D eigenvalue weighted by Crippen LogP contribution is -2.34. The molecular formula is C8H14F3NOS. The van der Waals surface area contributed by atoms with Gasteiger partial charge in [-0.05, 0) is 12.8 Å². The molecule has 0 saturated carbocycles. The number of ether oxygens (including phenoxy) is 1. The van der Waals surface area contributed by atoms with Crippen molar-refractivity contribution in [3.05, 3.63) is 0 Å². The first kappa shape index (κ1) is 12.1. The van der Waals surface area contributed by atoms with Crippen molar-refractivity contribution in [1.29, 1.82) is 0 Å². The van der Waals surface area contributed by atoms with Crippen LogP contribution in [0.1, 0.15) is 12.8 Å². The van der Waals surface area contributed by atoms with Crippen LogP contribution in [0.4, 0.5) is 13.2 Å². The third-order valence-electron chi connectivity index (χ3n) is 2.09. The van der Waals surface area contributed by atoms with Crippen LogP contribution in [0.15, 0.2) is 0 Å². The van der Waals surface area contributed by atoms with E-state index in [2.05, 4.69) is 0 Å². The lowest BCUT2D eigenvalue weighted by molar-refractivity contribution is -0.126. The highest BCUT2D eigenvalue weighted by atomic mass is 32.2. The summed E-state index contributed by atoms with van der Waals surface area (Å²) in [5, 5.41) is -1.45. The SMILES string of the molecule is NCC(SCC1CCCO1)C(F)(F)F. The van der Waals surface area contributed by atoms with Crippen LogP contribution < -0.4 is 5.73 Å². The molecule has 2 unspecified atom stereocenters. The zero-order valence-electron chi connectivity index (χ0n) is 7.72. The van der Waals surface area contributed by atoms with Gasteiger partial charge in [-0.3, -0.25) is 0 Å². The number of alkyl halides is 3. The lowest BCUT2D eigenvalue weighted by Gasteiger charge is -2.19. The number of thioether (sulfide) groups is 1. The van der Waals surface area contributed by atoms with Crippen molar-refractivity contribution in [2.45, 2.75) is 30.4 Å². The number of hydrogen-bond donors (Lipinski definition) is 1. The molecule has 1 saturated heterocycles. The van der Waals surface area contributed by atoms with E-state index in [0.29, 0.717) is 12.4 Å². The highest BCUT2D eigenvalue weighted by Gasteiger charge is 2.39.